The van der Waals surface area contributed by atoms with Crippen molar-refractivity contribution < 1.29 is 4.74 Å². The fourth-order valence-electron chi connectivity index (χ4n) is 2.68. The molecular weight excluding hydrogens is 353 g/mol. The molecule has 0 radical (unpaired) electrons. The topological polar surface area (TPSA) is 21.3 Å². The van der Waals surface area contributed by atoms with Crippen molar-refractivity contribution >= 4 is 34.8 Å². The first kappa shape index (κ1) is 19.6. The summed E-state index contributed by atoms with van der Waals surface area (Å²) in [7, 11) is 0. The number of nitrogens with one attached hydrogen (secondary N) is 1. The molecule has 0 aliphatic rings. The minimum atomic E-state index is 0. The Bertz CT molecular complexity index is 816. The Morgan fingerprint density at radius 2 is 1.68 bits per heavy atom. The zero-order chi connectivity index (χ0) is 16.9. The van der Waals surface area contributed by atoms with Crippen LogP contribution in [0.15, 0.2) is 60.7 Å². The van der Waals surface area contributed by atoms with Gasteiger partial charge in [-0.3, -0.25) is 0 Å². The van der Waals surface area contributed by atoms with Crippen LogP contribution in [0.3, 0.4) is 0 Å². The van der Waals surface area contributed by atoms with E-state index >= 15 is 0 Å². The molecule has 4 heteroatoms. The summed E-state index contributed by atoms with van der Waals surface area (Å²) in [5.74, 6) is 0.928. The van der Waals surface area contributed by atoms with Crippen LogP contribution < -0.4 is 10.1 Å². The summed E-state index contributed by atoms with van der Waals surface area (Å²) >= 11 is 5.94. The molecular formula is C21H23Cl2NO. The number of fused-ring (bicyclic) bond motifs is 1. The first-order valence-electron chi connectivity index (χ1n) is 8.25. The van der Waals surface area contributed by atoms with E-state index in [2.05, 4.69) is 55.6 Å². The monoisotopic (exact) mass is 375 g/mol. The van der Waals surface area contributed by atoms with Gasteiger partial charge in [-0.1, -0.05) is 67.9 Å². The van der Waals surface area contributed by atoms with Crippen molar-refractivity contribution in [1.82, 2.24) is 5.32 Å². The lowest BCUT2D eigenvalue weighted by Gasteiger charge is -2.16. The number of hydrogen-bond acceptors (Lipinski definition) is 2. The standard InChI is InChI=1S/C21H22ClNO.ClH/c1-15(2)23-13-20-19-6-4-3-5-17(19)9-12-21(20)24-14-16-7-10-18(22)11-8-16;/h3-12,15,23H,13-14H2,1-2H3;1H. The molecule has 0 saturated heterocycles. The average Bonchev–Trinajstić information content (AvgIpc) is 2.59. The average molecular weight is 376 g/mol. The molecule has 25 heavy (non-hydrogen) atoms. The van der Waals surface area contributed by atoms with Crippen LogP contribution in [0.25, 0.3) is 10.8 Å². The normalized spacial score (nSPS) is 10.7. The van der Waals surface area contributed by atoms with Crippen molar-refractivity contribution in [3.8, 4) is 5.75 Å². The van der Waals surface area contributed by atoms with Gasteiger partial charge in [0.15, 0.2) is 0 Å². The van der Waals surface area contributed by atoms with E-state index in [0.29, 0.717) is 12.6 Å². The van der Waals surface area contributed by atoms with E-state index in [1.807, 2.05) is 24.3 Å². The molecule has 0 spiro atoms. The molecule has 0 aliphatic carbocycles. The number of rotatable bonds is 6. The molecule has 0 unspecified atom stereocenters. The predicted molar refractivity (Wildman–Crippen MR) is 109 cm³/mol. The summed E-state index contributed by atoms with van der Waals surface area (Å²) in [6.45, 7) is 5.62. The lowest BCUT2D eigenvalue weighted by Crippen LogP contribution is -2.22. The third kappa shape index (κ3) is 5.12. The first-order chi connectivity index (χ1) is 11.6. The van der Waals surface area contributed by atoms with E-state index in [1.165, 1.54) is 16.3 Å². The minimum absolute atomic E-state index is 0. The van der Waals surface area contributed by atoms with Gasteiger partial charge in [0, 0.05) is 23.2 Å². The molecule has 0 atom stereocenters. The van der Waals surface area contributed by atoms with Gasteiger partial charge in [0.1, 0.15) is 12.4 Å². The predicted octanol–water partition coefficient (Wildman–Crippen LogP) is 5.99. The lowest BCUT2D eigenvalue weighted by molar-refractivity contribution is 0.302. The molecule has 132 valence electrons. The van der Waals surface area contributed by atoms with Gasteiger partial charge >= 0.3 is 0 Å². The summed E-state index contributed by atoms with van der Waals surface area (Å²) in [6.07, 6.45) is 0. The van der Waals surface area contributed by atoms with Gasteiger partial charge in [0.2, 0.25) is 0 Å². The van der Waals surface area contributed by atoms with Gasteiger partial charge in [0.25, 0.3) is 0 Å². The smallest absolute Gasteiger partial charge is 0.124 e. The zero-order valence-electron chi connectivity index (χ0n) is 14.5. The van der Waals surface area contributed by atoms with E-state index in [-0.39, 0.29) is 12.4 Å². The molecule has 0 fully saturated rings. The molecule has 3 rings (SSSR count). The SMILES string of the molecule is CC(C)NCc1c(OCc2ccc(Cl)cc2)ccc2ccccc12.Cl. The molecule has 3 aromatic rings. The van der Waals surface area contributed by atoms with Gasteiger partial charge in [-0.15, -0.1) is 12.4 Å². The Hall–Kier alpha value is -1.74. The maximum Gasteiger partial charge on any atom is 0.124 e. The molecule has 2 nitrogen and oxygen atoms in total. The molecule has 0 aliphatic heterocycles. The van der Waals surface area contributed by atoms with Crippen LogP contribution in [0.5, 0.6) is 5.75 Å². The van der Waals surface area contributed by atoms with Crippen LogP contribution in [0.4, 0.5) is 0 Å². The number of hydrogen-bond donors (Lipinski definition) is 1. The second-order valence-corrected chi connectivity index (χ2v) is 6.65. The molecule has 1 N–H and O–H groups in total. The van der Waals surface area contributed by atoms with Gasteiger partial charge in [0.05, 0.1) is 0 Å². The van der Waals surface area contributed by atoms with Crippen molar-refractivity contribution in [3.63, 3.8) is 0 Å². The highest BCUT2D eigenvalue weighted by Crippen LogP contribution is 2.29. The second-order valence-electron chi connectivity index (χ2n) is 6.21. The van der Waals surface area contributed by atoms with Crippen molar-refractivity contribution in [1.29, 1.82) is 0 Å². The summed E-state index contributed by atoms with van der Waals surface area (Å²) in [5.41, 5.74) is 2.31. The summed E-state index contributed by atoms with van der Waals surface area (Å²) < 4.78 is 6.12. The zero-order valence-corrected chi connectivity index (χ0v) is 16.0. The third-order valence-corrected chi connectivity index (χ3v) is 4.24. The minimum Gasteiger partial charge on any atom is -0.489 e. The largest absolute Gasteiger partial charge is 0.489 e. The highest BCUT2D eigenvalue weighted by molar-refractivity contribution is 6.30. The van der Waals surface area contributed by atoms with Gasteiger partial charge in [-0.25, -0.2) is 0 Å². The number of benzene rings is 3. The maximum absolute atomic E-state index is 6.12. The Morgan fingerprint density at radius 1 is 0.960 bits per heavy atom. The maximum atomic E-state index is 6.12. The van der Waals surface area contributed by atoms with Gasteiger partial charge in [-0.05, 0) is 34.5 Å². The van der Waals surface area contributed by atoms with E-state index in [1.54, 1.807) is 0 Å². The third-order valence-electron chi connectivity index (χ3n) is 3.99. The fourth-order valence-corrected chi connectivity index (χ4v) is 2.81. The van der Waals surface area contributed by atoms with Gasteiger partial charge < -0.3 is 10.1 Å². The lowest BCUT2D eigenvalue weighted by atomic mass is 10.0. The van der Waals surface area contributed by atoms with E-state index in [0.717, 1.165) is 22.9 Å². The molecule has 3 aromatic carbocycles. The first-order valence-corrected chi connectivity index (χ1v) is 8.62. The summed E-state index contributed by atoms with van der Waals surface area (Å²) in [5, 5.41) is 6.71. The second kappa shape index (κ2) is 9.10. The Morgan fingerprint density at radius 3 is 2.40 bits per heavy atom. The van der Waals surface area contributed by atoms with Crippen LogP contribution in [-0.2, 0) is 13.2 Å². The molecule has 0 heterocycles. The molecule has 0 amide bonds. The fraction of sp³-hybridized carbons (Fsp3) is 0.238. The Kier molecular flexibility index (Phi) is 7.12. The molecule has 0 saturated carbocycles. The van der Waals surface area contributed by atoms with Crippen LogP contribution in [0.2, 0.25) is 5.02 Å². The van der Waals surface area contributed by atoms with Crippen LogP contribution >= 0.6 is 24.0 Å². The highest BCUT2D eigenvalue weighted by atomic mass is 35.5. The molecule has 0 bridgehead atoms. The van der Waals surface area contributed by atoms with Crippen LogP contribution in [0, 0.1) is 0 Å². The van der Waals surface area contributed by atoms with E-state index < -0.39 is 0 Å². The van der Waals surface area contributed by atoms with E-state index in [4.69, 9.17) is 16.3 Å². The van der Waals surface area contributed by atoms with E-state index in [9.17, 15) is 0 Å². The van der Waals surface area contributed by atoms with Crippen molar-refractivity contribution in [2.24, 2.45) is 0 Å². The van der Waals surface area contributed by atoms with Gasteiger partial charge in [-0.2, -0.15) is 0 Å². The summed E-state index contributed by atoms with van der Waals surface area (Å²) in [4.78, 5) is 0. The van der Waals surface area contributed by atoms with Crippen LogP contribution in [0.1, 0.15) is 25.0 Å². The quantitative estimate of drug-likeness (QED) is 0.570. The number of ether oxygens (including phenoxy) is 1. The number of halogens is 2. The highest BCUT2D eigenvalue weighted by Gasteiger charge is 2.09. The van der Waals surface area contributed by atoms with Crippen molar-refractivity contribution in [3.05, 3.63) is 76.8 Å². The molecule has 0 aromatic heterocycles. The van der Waals surface area contributed by atoms with Crippen LogP contribution in [-0.4, -0.2) is 6.04 Å². The Labute approximate surface area is 160 Å². The summed E-state index contributed by atoms with van der Waals surface area (Å²) in [6, 6.07) is 20.8. The van der Waals surface area contributed by atoms with Crippen molar-refractivity contribution in [2.45, 2.75) is 33.0 Å². The van der Waals surface area contributed by atoms with Crippen molar-refractivity contribution in [2.75, 3.05) is 0 Å². The Balaban J connectivity index is 0.00000225.